The van der Waals surface area contributed by atoms with Gasteiger partial charge in [-0.05, 0) is 24.1 Å². The van der Waals surface area contributed by atoms with E-state index in [-0.39, 0.29) is 12.4 Å². The molecule has 2 aliphatic rings. The first-order chi connectivity index (χ1) is 15.3. The van der Waals surface area contributed by atoms with E-state index in [0.29, 0.717) is 0 Å². The van der Waals surface area contributed by atoms with Crippen molar-refractivity contribution in [3.05, 3.63) is 71.8 Å². The van der Waals surface area contributed by atoms with Gasteiger partial charge < -0.3 is 9.64 Å². The number of benzene rings is 2. The molecule has 32 heavy (non-hydrogen) atoms. The van der Waals surface area contributed by atoms with E-state index in [0.717, 1.165) is 16.8 Å². The van der Waals surface area contributed by atoms with Crippen LogP contribution < -0.4 is 4.90 Å². The second-order valence-corrected chi connectivity index (χ2v) is 9.42. The SMILES string of the molecule is CCOC(=O)C1(C#N)C(c2ccccc2)C(C(=O)C(C)(C)C)N2c3ccccc3C=CC21. The normalized spacial score (nSPS) is 26.1. The van der Waals surface area contributed by atoms with Gasteiger partial charge in [-0.15, -0.1) is 0 Å². The van der Waals surface area contributed by atoms with E-state index in [1.807, 2.05) is 92.4 Å². The number of carbonyl (C=O) groups is 2. The van der Waals surface area contributed by atoms with Gasteiger partial charge in [0, 0.05) is 17.0 Å². The molecule has 2 aromatic rings. The summed E-state index contributed by atoms with van der Waals surface area (Å²) >= 11 is 0. The van der Waals surface area contributed by atoms with Gasteiger partial charge in [0.05, 0.1) is 24.8 Å². The molecule has 0 spiro atoms. The van der Waals surface area contributed by atoms with Crippen LogP contribution in [-0.2, 0) is 14.3 Å². The van der Waals surface area contributed by atoms with E-state index in [4.69, 9.17) is 4.74 Å². The predicted octanol–water partition coefficient (Wildman–Crippen LogP) is 4.74. The molecule has 2 heterocycles. The van der Waals surface area contributed by atoms with Crippen LogP contribution in [0.2, 0.25) is 0 Å². The predicted molar refractivity (Wildman–Crippen MR) is 124 cm³/mol. The van der Waals surface area contributed by atoms with E-state index in [2.05, 4.69) is 6.07 Å². The number of nitrogens with zero attached hydrogens (tertiary/aromatic N) is 2. The minimum absolute atomic E-state index is 0.0112. The Hall–Kier alpha value is -3.39. The standard InChI is InChI=1S/C27H28N2O3/c1-5-32-25(31)27(17-28)21-16-15-18-11-9-10-14-20(18)29(21)23(24(30)26(2,3)4)22(27)19-12-7-6-8-13-19/h6-16,21-23H,5H2,1-4H3. The van der Waals surface area contributed by atoms with Crippen molar-refractivity contribution < 1.29 is 14.3 Å². The quantitative estimate of drug-likeness (QED) is 0.658. The Kier molecular flexibility index (Phi) is 5.42. The number of ether oxygens (including phenoxy) is 1. The summed E-state index contributed by atoms with van der Waals surface area (Å²) in [6.07, 6.45) is 3.82. The van der Waals surface area contributed by atoms with Crippen molar-refractivity contribution in [2.45, 2.75) is 45.7 Å². The molecule has 0 radical (unpaired) electrons. The van der Waals surface area contributed by atoms with Gasteiger partial charge >= 0.3 is 5.97 Å². The number of carbonyl (C=O) groups excluding carboxylic acids is 2. The fourth-order valence-corrected chi connectivity index (χ4v) is 5.10. The molecule has 0 bridgehead atoms. The average Bonchev–Trinajstić information content (AvgIpc) is 3.10. The van der Waals surface area contributed by atoms with Gasteiger partial charge in [-0.3, -0.25) is 9.59 Å². The Bertz CT molecular complexity index is 1110. The molecule has 0 N–H and O–H groups in total. The lowest BCUT2D eigenvalue weighted by atomic mass is 9.67. The number of hydrogen-bond donors (Lipinski definition) is 0. The second-order valence-electron chi connectivity index (χ2n) is 9.42. The Morgan fingerprint density at radius 1 is 1.09 bits per heavy atom. The van der Waals surface area contributed by atoms with Gasteiger partial charge in [0.25, 0.3) is 0 Å². The molecule has 0 aromatic heterocycles. The second kappa shape index (κ2) is 7.94. The third kappa shape index (κ3) is 3.14. The molecule has 2 aromatic carbocycles. The molecular weight excluding hydrogens is 400 g/mol. The zero-order chi connectivity index (χ0) is 23.1. The fraction of sp³-hybridized carbons (Fsp3) is 0.370. The maximum atomic E-state index is 14.0. The van der Waals surface area contributed by atoms with Crippen LogP contribution in [0.3, 0.4) is 0 Å². The molecule has 0 aliphatic carbocycles. The number of esters is 1. The summed E-state index contributed by atoms with van der Waals surface area (Å²) in [6.45, 7) is 7.55. The van der Waals surface area contributed by atoms with Crippen LogP contribution in [0.15, 0.2) is 60.7 Å². The molecule has 4 unspecified atom stereocenters. The van der Waals surface area contributed by atoms with E-state index >= 15 is 0 Å². The van der Waals surface area contributed by atoms with Crippen molar-refractivity contribution in [1.29, 1.82) is 5.26 Å². The molecular formula is C27H28N2O3. The summed E-state index contributed by atoms with van der Waals surface area (Å²) < 4.78 is 5.49. The number of rotatable bonds is 4. The van der Waals surface area contributed by atoms with Crippen molar-refractivity contribution in [2.24, 2.45) is 10.8 Å². The van der Waals surface area contributed by atoms with E-state index in [9.17, 15) is 14.9 Å². The molecule has 4 atom stereocenters. The number of fused-ring (bicyclic) bond motifs is 3. The third-order valence-electron chi connectivity index (χ3n) is 6.51. The summed E-state index contributed by atoms with van der Waals surface area (Å²) in [6, 6.07) is 18.3. The summed E-state index contributed by atoms with van der Waals surface area (Å²) in [5.41, 5.74) is 0.362. The third-order valence-corrected chi connectivity index (χ3v) is 6.51. The Labute approximate surface area is 189 Å². The van der Waals surface area contributed by atoms with Crippen molar-refractivity contribution >= 4 is 23.5 Å². The first kappa shape index (κ1) is 21.8. The molecule has 1 saturated heterocycles. The minimum Gasteiger partial charge on any atom is -0.465 e. The lowest BCUT2D eigenvalue weighted by Crippen LogP contribution is -2.48. The number of hydrogen-bond acceptors (Lipinski definition) is 5. The van der Waals surface area contributed by atoms with E-state index < -0.39 is 34.8 Å². The molecule has 0 saturated carbocycles. The van der Waals surface area contributed by atoms with Gasteiger partial charge in [0.1, 0.15) is 0 Å². The average molecular weight is 429 g/mol. The van der Waals surface area contributed by atoms with E-state index in [1.165, 1.54) is 0 Å². The molecule has 0 amide bonds. The lowest BCUT2D eigenvalue weighted by molar-refractivity contribution is -0.152. The van der Waals surface area contributed by atoms with Crippen molar-refractivity contribution in [3.63, 3.8) is 0 Å². The Morgan fingerprint density at radius 2 is 1.75 bits per heavy atom. The van der Waals surface area contributed by atoms with Crippen molar-refractivity contribution in [1.82, 2.24) is 0 Å². The minimum atomic E-state index is -1.56. The van der Waals surface area contributed by atoms with Crippen LogP contribution in [0, 0.1) is 22.2 Å². The first-order valence-electron chi connectivity index (χ1n) is 11.0. The highest BCUT2D eigenvalue weighted by molar-refractivity contribution is 5.99. The highest BCUT2D eigenvalue weighted by atomic mass is 16.5. The lowest BCUT2D eigenvalue weighted by Gasteiger charge is -2.37. The molecule has 5 heteroatoms. The van der Waals surface area contributed by atoms with E-state index in [1.54, 1.807) is 6.92 Å². The molecule has 1 fully saturated rings. The molecule has 4 rings (SSSR count). The summed E-state index contributed by atoms with van der Waals surface area (Å²) in [5, 5.41) is 10.6. The van der Waals surface area contributed by atoms with Crippen LogP contribution in [0.1, 0.15) is 44.7 Å². The summed E-state index contributed by atoms with van der Waals surface area (Å²) in [5.74, 6) is -1.28. The van der Waals surface area contributed by atoms with Gasteiger partial charge in [0.15, 0.2) is 11.2 Å². The zero-order valence-electron chi connectivity index (χ0n) is 18.9. The first-order valence-corrected chi connectivity index (χ1v) is 11.0. The van der Waals surface area contributed by atoms with Crippen LogP contribution in [0.25, 0.3) is 6.08 Å². The summed E-state index contributed by atoms with van der Waals surface area (Å²) in [4.78, 5) is 29.5. The van der Waals surface area contributed by atoms with Gasteiger partial charge in [-0.2, -0.15) is 5.26 Å². The Balaban J connectivity index is 2.05. The van der Waals surface area contributed by atoms with Gasteiger partial charge in [-0.25, -0.2) is 0 Å². The van der Waals surface area contributed by atoms with Crippen LogP contribution in [0.5, 0.6) is 0 Å². The largest absolute Gasteiger partial charge is 0.465 e. The number of para-hydroxylation sites is 1. The monoisotopic (exact) mass is 428 g/mol. The highest BCUT2D eigenvalue weighted by Crippen LogP contribution is 2.56. The molecule has 164 valence electrons. The maximum Gasteiger partial charge on any atom is 0.329 e. The smallest absolute Gasteiger partial charge is 0.329 e. The number of ketones is 1. The maximum absolute atomic E-state index is 14.0. The van der Waals surface area contributed by atoms with Crippen molar-refractivity contribution in [3.8, 4) is 6.07 Å². The van der Waals surface area contributed by atoms with Gasteiger partial charge in [0.2, 0.25) is 0 Å². The fourth-order valence-electron chi connectivity index (χ4n) is 5.10. The van der Waals surface area contributed by atoms with Crippen molar-refractivity contribution in [2.75, 3.05) is 11.5 Å². The van der Waals surface area contributed by atoms with Gasteiger partial charge in [-0.1, -0.05) is 81.5 Å². The van der Waals surface area contributed by atoms with Crippen LogP contribution in [-0.4, -0.2) is 30.4 Å². The molecule has 2 aliphatic heterocycles. The zero-order valence-corrected chi connectivity index (χ0v) is 18.9. The number of nitriles is 1. The summed E-state index contributed by atoms with van der Waals surface area (Å²) in [7, 11) is 0. The number of Topliss-reactive ketones (excluding diaryl/α,β-unsaturated/α-hetero) is 1. The van der Waals surface area contributed by atoms with Crippen LogP contribution >= 0.6 is 0 Å². The van der Waals surface area contributed by atoms with Crippen LogP contribution in [0.4, 0.5) is 5.69 Å². The number of anilines is 1. The Morgan fingerprint density at radius 3 is 2.38 bits per heavy atom. The topological polar surface area (TPSA) is 70.4 Å². The highest BCUT2D eigenvalue weighted by Gasteiger charge is 2.67. The molecule has 5 nitrogen and oxygen atoms in total.